The van der Waals surface area contributed by atoms with E-state index in [1.54, 1.807) is 6.92 Å². The molecule has 1 heterocycles. The molecule has 0 fully saturated rings. The summed E-state index contributed by atoms with van der Waals surface area (Å²) >= 11 is 0. The van der Waals surface area contributed by atoms with E-state index >= 15 is 0 Å². The molecule has 0 aromatic heterocycles. The number of benzene rings is 1. The van der Waals surface area contributed by atoms with Crippen LogP contribution in [0.1, 0.15) is 31.7 Å². The van der Waals surface area contributed by atoms with E-state index in [0.717, 1.165) is 19.5 Å². The SMILES string of the molecule is CCOC(=O)C(N)CCN1CCCCc2ccccc21. The Hall–Kier alpha value is -1.55. The highest BCUT2D eigenvalue weighted by molar-refractivity contribution is 5.75. The number of rotatable bonds is 5. The lowest BCUT2D eigenvalue weighted by atomic mass is 10.1. The van der Waals surface area contributed by atoms with Crippen molar-refractivity contribution >= 4 is 11.7 Å². The molecule has 0 saturated heterocycles. The fraction of sp³-hybridized carbons (Fsp3) is 0.562. The summed E-state index contributed by atoms with van der Waals surface area (Å²) in [4.78, 5) is 13.9. The first kappa shape index (κ1) is 14.9. The van der Waals surface area contributed by atoms with Crippen LogP contribution < -0.4 is 10.6 Å². The van der Waals surface area contributed by atoms with Crippen LogP contribution in [0.15, 0.2) is 24.3 Å². The van der Waals surface area contributed by atoms with Crippen LogP contribution in [0.5, 0.6) is 0 Å². The van der Waals surface area contributed by atoms with E-state index in [4.69, 9.17) is 10.5 Å². The summed E-state index contributed by atoms with van der Waals surface area (Å²) in [6.07, 6.45) is 4.17. The van der Waals surface area contributed by atoms with Crippen molar-refractivity contribution in [3.63, 3.8) is 0 Å². The summed E-state index contributed by atoms with van der Waals surface area (Å²) in [6.45, 7) is 4.03. The molecule has 1 unspecified atom stereocenters. The minimum Gasteiger partial charge on any atom is -0.465 e. The summed E-state index contributed by atoms with van der Waals surface area (Å²) in [5.74, 6) is -0.296. The second-order valence-corrected chi connectivity index (χ2v) is 5.22. The zero-order chi connectivity index (χ0) is 14.4. The van der Waals surface area contributed by atoms with Crippen molar-refractivity contribution in [3.8, 4) is 0 Å². The Bertz CT molecular complexity index is 448. The molecular formula is C16H24N2O2. The molecule has 2 N–H and O–H groups in total. The Kier molecular flexibility index (Phi) is 5.41. The van der Waals surface area contributed by atoms with Crippen molar-refractivity contribution in [1.29, 1.82) is 0 Å². The van der Waals surface area contributed by atoms with Crippen LogP contribution in [0, 0.1) is 0 Å². The first-order valence-electron chi connectivity index (χ1n) is 7.47. The van der Waals surface area contributed by atoms with E-state index in [9.17, 15) is 4.79 Å². The molecule has 4 nitrogen and oxygen atoms in total. The fourth-order valence-corrected chi connectivity index (χ4v) is 2.66. The fourth-order valence-electron chi connectivity index (χ4n) is 2.66. The number of aryl methyl sites for hydroxylation is 1. The van der Waals surface area contributed by atoms with Crippen LogP contribution in [0.4, 0.5) is 5.69 Å². The summed E-state index contributed by atoms with van der Waals surface area (Å²) in [5.41, 5.74) is 8.57. The van der Waals surface area contributed by atoms with Crippen LogP contribution in [0.3, 0.4) is 0 Å². The van der Waals surface area contributed by atoms with Gasteiger partial charge in [-0.2, -0.15) is 0 Å². The molecule has 1 atom stereocenters. The Morgan fingerprint density at radius 2 is 2.20 bits per heavy atom. The zero-order valence-corrected chi connectivity index (χ0v) is 12.2. The summed E-state index contributed by atoms with van der Waals surface area (Å²) in [7, 11) is 0. The predicted octanol–water partition coefficient (Wildman–Crippen LogP) is 2.11. The summed E-state index contributed by atoms with van der Waals surface area (Å²) < 4.78 is 4.96. The highest BCUT2D eigenvalue weighted by Gasteiger charge is 2.19. The number of para-hydroxylation sites is 1. The zero-order valence-electron chi connectivity index (χ0n) is 12.2. The topological polar surface area (TPSA) is 55.6 Å². The van der Waals surface area contributed by atoms with Crippen LogP contribution >= 0.6 is 0 Å². The number of carbonyl (C=O) groups excluding carboxylic acids is 1. The van der Waals surface area contributed by atoms with Gasteiger partial charge in [-0.1, -0.05) is 18.2 Å². The van der Waals surface area contributed by atoms with Gasteiger partial charge in [0.05, 0.1) is 6.61 Å². The highest BCUT2D eigenvalue weighted by atomic mass is 16.5. The van der Waals surface area contributed by atoms with Crippen LogP contribution in [0.2, 0.25) is 0 Å². The quantitative estimate of drug-likeness (QED) is 0.837. The molecule has 1 aromatic carbocycles. The third-order valence-corrected chi connectivity index (χ3v) is 3.76. The number of fused-ring (bicyclic) bond motifs is 1. The first-order valence-corrected chi connectivity index (χ1v) is 7.47. The molecule has 0 spiro atoms. The molecule has 0 radical (unpaired) electrons. The maximum Gasteiger partial charge on any atom is 0.322 e. The van der Waals surface area contributed by atoms with E-state index in [-0.39, 0.29) is 5.97 Å². The lowest BCUT2D eigenvalue weighted by Gasteiger charge is -2.26. The predicted molar refractivity (Wildman–Crippen MR) is 80.8 cm³/mol. The normalized spacial score (nSPS) is 16.2. The number of carbonyl (C=O) groups is 1. The van der Waals surface area contributed by atoms with Gasteiger partial charge in [0.15, 0.2) is 0 Å². The standard InChI is InChI=1S/C16H24N2O2/c1-2-20-16(19)14(17)10-12-18-11-6-5-8-13-7-3-4-9-15(13)18/h3-4,7,9,14H,2,5-6,8,10-12,17H2,1H3. The lowest BCUT2D eigenvalue weighted by Crippen LogP contribution is -2.37. The van der Waals surface area contributed by atoms with E-state index in [0.29, 0.717) is 13.0 Å². The van der Waals surface area contributed by atoms with E-state index in [2.05, 4.69) is 29.2 Å². The van der Waals surface area contributed by atoms with Gasteiger partial charge in [0.1, 0.15) is 6.04 Å². The van der Waals surface area contributed by atoms with Crippen molar-refractivity contribution in [2.75, 3.05) is 24.6 Å². The Balaban J connectivity index is 1.97. The number of esters is 1. The molecule has 0 amide bonds. The summed E-state index contributed by atoms with van der Waals surface area (Å²) in [6, 6.07) is 8.00. The summed E-state index contributed by atoms with van der Waals surface area (Å²) in [5, 5.41) is 0. The van der Waals surface area contributed by atoms with Crippen molar-refractivity contribution in [2.24, 2.45) is 5.73 Å². The molecule has 1 aliphatic rings. The molecule has 2 rings (SSSR count). The van der Waals surface area contributed by atoms with E-state index < -0.39 is 6.04 Å². The first-order chi connectivity index (χ1) is 9.72. The number of nitrogens with zero attached hydrogens (tertiary/aromatic N) is 1. The van der Waals surface area contributed by atoms with Gasteiger partial charge in [-0.15, -0.1) is 0 Å². The van der Waals surface area contributed by atoms with Gasteiger partial charge in [-0.25, -0.2) is 0 Å². The van der Waals surface area contributed by atoms with Gasteiger partial charge in [0.25, 0.3) is 0 Å². The van der Waals surface area contributed by atoms with Crippen molar-refractivity contribution in [2.45, 2.75) is 38.6 Å². The Morgan fingerprint density at radius 1 is 1.40 bits per heavy atom. The number of nitrogens with two attached hydrogens (primary N) is 1. The van der Waals surface area contributed by atoms with E-state index in [1.165, 1.54) is 24.1 Å². The Labute approximate surface area is 120 Å². The average molecular weight is 276 g/mol. The van der Waals surface area contributed by atoms with Crippen LogP contribution in [-0.4, -0.2) is 31.7 Å². The van der Waals surface area contributed by atoms with E-state index in [1.807, 2.05) is 0 Å². The molecule has 110 valence electrons. The average Bonchev–Trinajstić information content (AvgIpc) is 2.67. The van der Waals surface area contributed by atoms with Crippen molar-refractivity contribution < 1.29 is 9.53 Å². The van der Waals surface area contributed by atoms with Crippen molar-refractivity contribution in [3.05, 3.63) is 29.8 Å². The molecule has 1 aromatic rings. The molecule has 20 heavy (non-hydrogen) atoms. The molecule has 0 saturated carbocycles. The maximum atomic E-state index is 11.6. The van der Waals surface area contributed by atoms with Gasteiger partial charge in [-0.05, 0) is 44.2 Å². The monoisotopic (exact) mass is 276 g/mol. The van der Waals surface area contributed by atoms with Gasteiger partial charge < -0.3 is 15.4 Å². The van der Waals surface area contributed by atoms with Crippen LogP contribution in [-0.2, 0) is 16.0 Å². The maximum absolute atomic E-state index is 11.6. The van der Waals surface area contributed by atoms with Crippen LogP contribution in [0.25, 0.3) is 0 Å². The second-order valence-electron chi connectivity index (χ2n) is 5.22. The Morgan fingerprint density at radius 3 is 3.00 bits per heavy atom. The lowest BCUT2D eigenvalue weighted by molar-refractivity contribution is -0.144. The number of hydrogen-bond donors (Lipinski definition) is 1. The highest BCUT2D eigenvalue weighted by Crippen LogP contribution is 2.26. The van der Waals surface area contributed by atoms with Gasteiger partial charge in [-0.3, -0.25) is 4.79 Å². The molecule has 0 bridgehead atoms. The minimum absolute atomic E-state index is 0.296. The second kappa shape index (κ2) is 7.29. The van der Waals surface area contributed by atoms with Gasteiger partial charge in [0.2, 0.25) is 0 Å². The molecular weight excluding hydrogens is 252 g/mol. The minimum atomic E-state index is -0.523. The number of hydrogen-bond acceptors (Lipinski definition) is 4. The number of anilines is 1. The number of ether oxygens (including phenoxy) is 1. The van der Waals surface area contributed by atoms with Gasteiger partial charge >= 0.3 is 5.97 Å². The third kappa shape index (κ3) is 3.73. The largest absolute Gasteiger partial charge is 0.465 e. The third-order valence-electron chi connectivity index (χ3n) is 3.76. The molecule has 1 aliphatic heterocycles. The van der Waals surface area contributed by atoms with Gasteiger partial charge in [0, 0.05) is 18.8 Å². The van der Waals surface area contributed by atoms with Crippen molar-refractivity contribution in [1.82, 2.24) is 0 Å². The molecule has 4 heteroatoms. The molecule has 0 aliphatic carbocycles. The smallest absolute Gasteiger partial charge is 0.322 e.